The van der Waals surface area contributed by atoms with E-state index in [0.717, 1.165) is 34.9 Å². The first-order chi connectivity index (χ1) is 19.2. The maximum absolute atomic E-state index is 13.6. The van der Waals surface area contributed by atoms with Crippen molar-refractivity contribution in [1.29, 1.82) is 0 Å². The van der Waals surface area contributed by atoms with Crippen molar-refractivity contribution < 1.29 is 14.3 Å². The molecule has 0 unspecified atom stereocenters. The topological polar surface area (TPSA) is 63.9 Å². The van der Waals surface area contributed by atoms with Gasteiger partial charge >= 0.3 is 6.02 Å². The van der Waals surface area contributed by atoms with Crippen molar-refractivity contribution >= 4 is 51.8 Å². The van der Waals surface area contributed by atoms with Crippen molar-refractivity contribution in [2.45, 2.75) is 19.9 Å². The molecule has 1 fully saturated rings. The number of ether oxygens (including phenoxy) is 1. The molecule has 0 aliphatic carbocycles. The number of rotatable bonds is 7. The Morgan fingerprint density at radius 3 is 2.41 bits per heavy atom. The van der Waals surface area contributed by atoms with Crippen LogP contribution in [0.1, 0.15) is 28.4 Å². The second-order valence-corrected chi connectivity index (χ2v) is 9.41. The number of nitrogens with zero attached hydrogens (tertiary/aromatic N) is 3. The summed E-state index contributed by atoms with van der Waals surface area (Å²) in [5.74, 6) is -0.0617. The number of aromatic nitrogens is 1. The summed E-state index contributed by atoms with van der Waals surface area (Å²) in [6.45, 7) is 3.40. The van der Waals surface area contributed by atoms with E-state index in [9.17, 15) is 9.59 Å². The Balaban J connectivity index is 1.39. The van der Waals surface area contributed by atoms with Gasteiger partial charge in [-0.25, -0.2) is 0 Å². The highest BCUT2D eigenvalue weighted by Crippen LogP contribution is 2.31. The fraction of sp³-hybridized carbons (Fsp3) is 0.121. The highest BCUT2D eigenvalue weighted by molar-refractivity contribution is 6.13. The van der Waals surface area contributed by atoms with E-state index in [1.807, 2.05) is 42.5 Å². The molecule has 5 aromatic rings. The van der Waals surface area contributed by atoms with Gasteiger partial charge in [0.2, 0.25) is 0 Å². The second kappa shape index (κ2) is 10.4. The molecule has 1 amide bonds. The van der Waals surface area contributed by atoms with Gasteiger partial charge in [-0.2, -0.15) is 4.99 Å². The first-order valence-corrected chi connectivity index (χ1v) is 13.1. The maximum Gasteiger partial charge on any atom is 0.305 e. The summed E-state index contributed by atoms with van der Waals surface area (Å²) in [6.07, 6.45) is 3.16. The second-order valence-electron chi connectivity index (χ2n) is 9.41. The number of hydrogen-bond acceptors (Lipinski definition) is 4. The van der Waals surface area contributed by atoms with Crippen molar-refractivity contribution in [3.8, 4) is 0 Å². The van der Waals surface area contributed by atoms with Crippen LogP contribution in [0.25, 0.3) is 27.9 Å². The molecule has 0 spiro atoms. The molecule has 1 aliphatic heterocycles. The molecule has 0 saturated carbocycles. The van der Waals surface area contributed by atoms with E-state index in [0.29, 0.717) is 24.2 Å². The molecular weight excluding hydrogens is 486 g/mol. The van der Waals surface area contributed by atoms with Crippen LogP contribution in [-0.2, 0) is 22.5 Å². The van der Waals surface area contributed by atoms with Gasteiger partial charge in [0.15, 0.2) is 12.0 Å². The molecule has 39 heavy (non-hydrogen) atoms. The van der Waals surface area contributed by atoms with Crippen LogP contribution in [0.3, 0.4) is 0 Å². The number of hydrogen-bond donors (Lipinski definition) is 0. The quantitative estimate of drug-likeness (QED) is 0.178. The van der Waals surface area contributed by atoms with E-state index in [2.05, 4.69) is 46.8 Å². The lowest BCUT2D eigenvalue weighted by Crippen LogP contribution is -2.31. The Kier molecular flexibility index (Phi) is 6.51. The van der Waals surface area contributed by atoms with Gasteiger partial charge in [0, 0.05) is 40.5 Å². The molecule has 6 nitrogen and oxygen atoms in total. The Morgan fingerprint density at radius 1 is 0.846 bits per heavy atom. The van der Waals surface area contributed by atoms with E-state index in [4.69, 9.17) is 4.74 Å². The molecule has 2 heterocycles. The minimum atomic E-state index is -0.260. The number of benzene rings is 4. The molecule has 1 saturated heterocycles. The molecule has 0 radical (unpaired) electrons. The van der Waals surface area contributed by atoms with Crippen LogP contribution in [0, 0.1) is 0 Å². The van der Waals surface area contributed by atoms with Crippen molar-refractivity contribution in [2.24, 2.45) is 4.99 Å². The highest BCUT2D eigenvalue weighted by Gasteiger charge is 2.35. The van der Waals surface area contributed by atoms with Crippen molar-refractivity contribution in [3.05, 3.63) is 120 Å². The summed E-state index contributed by atoms with van der Waals surface area (Å²) in [5, 5.41) is 2.30. The van der Waals surface area contributed by atoms with Gasteiger partial charge < -0.3 is 9.30 Å². The van der Waals surface area contributed by atoms with Gasteiger partial charge in [-0.05, 0) is 60.9 Å². The van der Waals surface area contributed by atoms with Crippen molar-refractivity contribution in [2.75, 3.05) is 6.54 Å². The molecule has 0 atom stereocenters. The molecule has 1 aliphatic rings. The maximum atomic E-state index is 13.6. The average Bonchev–Trinajstić information content (AvgIpc) is 3.45. The van der Waals surface area contributed by atoms with E-state index in [-0.39, 0.29) is 17.7 Å². The van der Waals surface area contributed by atoms with Crippen molar-refractivity contribution in [1.82, 2.24) is 9.47 Å². The molecule has 6 rings (SSSR count). The third-order valence-electron chi connectivity index (χ3n) is 7.05. The third kappa shape index (κ3) is 4.61. The molecule has 6 heteroatoms. The zero-order valence-corrected chi connectivity index (χ0v) is 21.6. The first kappa shape index (κ1) is 24.4. The van der Waals surface area contributed by atoms with Gasteiger partial charge in [-0.1, -0.05) is 66.7 Å². The van der Waals surface area contributed by atoms with Gasteiger partial charge in [0.05, 0.1) is 5.69 Å². The number of aryl methyl sites for hydroxylation is 1. The summed E-state index contributed by atoms with van der Waals surface area (Å²) in [4.78, 5) is 31.3. The summed E-state index contributed by atoms with van der Waals surface area (Å²) < 4.78 is 8.37. The predicted octanol–water partition coefficient (Wildman–Crippen LogP) is 6.76. The number of amidine groups is 1. The predicted molar refractivity (Wildman–Crippen MR) is 155 cm³/mol. The number of carbonyl (C=O) groups excluding carboxylic acids is 2. The highest BCUT2D eigenvalue weighted by atomic mass is 16.5. The van der Waals surface area contributed by atoms with E-state index >= 15 is 0 Å². The fourth-order valence-electron chi connectivity index (χ4n) is 5.12. The Bertz CT molecular complexity index is 1770. The van der Waals surface area contributed by atoms with Crippen LogP contribution in [0.15, 0.2) is 108 Å². The zero-order valence-electron chi connectivity index (χ0n) is 21.6. The molecule has 0 N–H and O–H groups in total. The number of aliphatic imine (C=N–C) groups is 1. The number of amides is 1. The lowest BCUT2D eigenvalue weighted by Gasteiger charge is -2.13. The molecule has 4 aromatic carbocycles. The zero-order chi connectivity index (χ0) is 26.8. The number of carbonyl (C=O) groups is 2. The minimum Gasteiger partial charge on any atom is -0.419 e. The molecule has 192 valence electrons. The van der Waals surface area contributed by atoms with E-state index in [1.165, 1.54) is 10.9 Å². The lowest BCUT2D eigenvalue weighted by atomic mass is 10.1. The Labute approximate surface area is 226 Å². The average molecular weight is 514 g/mol. The number of fused-ring (bicyclic) bond motifs is 3. The smallest absolute Gasteiger partial charge is 0.305 e. The molecule has 0 bridgehead atoms. The minimum absolute atomic E-state index is 0.167. The van der Waals surface area contributed by atoms with Crippen molar-refractivity contribution in [3.63, 3.8) is 0 Å². The largest absolute Gasteiger partial charge is 0.419 e. The monoisotopic (exact) mass is 513 g/mol. The summed E-state index contributed by atoms with van der Waals surface area (Å²) in [6, 6.07) is 31.7. The number of aldehydes is 1. The number of para-hydroxylation sites is 2. The van der Waals surface area contributed by atoms with Gasteiger partial charge in [-0.15, -0.1) is 0 Å². The summed E-state index contributed by atoms with van der Waals surface area (Å²) in [5.41, 5.74) is 5.19. The Hall–Kier alpha value is -4.97. The normalized spacial score (nSPS) is 15.5. The van der Waals surface area contributed by atoms with E-state index in [1.54, 1.807) is 35.2 Å². The molecular formula is C33H27N3O3. The standard InChI is InChI=1S/C33H27N3O3/c1-2-35-29-15-9-7-13-26(29)27-20-24(16-17-30(27)35)21-31-32(38)36(19-18-23-10-4-3-5-11-23)33(39-31)34-28-14-8-6-12-25(28)22-37/h3-17,20-22H,2,18-19H2,1H3/b31-21+,34-33?. The summed E-state index contributed by atoms with van der Waals surface area (Å²) >= 11 is 0. The van der Waals surface area contributed by atoms with E-state index < -0.39 is 0 Å². The lowest BCUT2D eigenvalue weighted by molar-refractivity contribution is -0.122. The SMILES string of the molecule is CCn1c2ccccc2c2cc(/C=C3/OC(=Nc4ccccc4C=O)N(CCc4ccccc4)C3=O)ccc21. The van der Waals surface area contributed by atoms with Crippen LogP contribution in [-0.4, -0.2) is 34.2 Å². The van der Waals surface area contributed by atoms with Gasteiger partial charge in [-0.3, -0.25) is 14.5 Å². The molecule has 1 aromatic heterocycles. The third-order valence-corrected chi connectivity index (χ3v) is 7.05. The first-order valence-electron chi connectivity index (χ1n) is 13.1. The Morgan fingerprint density at radius 2 is 1.59 bits per heavy atom. The van der Waals surface area contributed by atoms with Crippen LogP contribution in [0.2, 0.25) is 0 Å². The fourth-order valence-corrected chi connectivity index (χ4v) is 5.12. The van der Waals surface area contributed by atoms with Gasteiger partial charge in [0.25, 0.3) is 5.91 Å². The van der Waals surface area contributed by atoms with Crippen LogP contribution in [0.4, 0.5) is 5.69 Å². The van der Waals surface area contributed by atoms with Crippen LogP contribution < -0.4 is 0 Å². The van der Waals surface area contributed by atoms with Crippen LogP contribution in [0.5, 0.6) is 0 Å². The van der Waals surface area contributed by atoms with Crippen LogP contribution >= 0.6 is 0 Å². The summed E-state index contributed by atoms with van der Waals surface area (Å²) in [7, 11) is 0. The van der Waals surface area contributed by atoms with Gasteiger partial charge in [0.1, 0.15) is 0 Å².